The van der Waals surface area contributed by atoms with Gasteiger partial charge in [0.25, 0.3) is 0 Å². The number of benzene rings is 1. The number of nitrogens with one attached hydrogen (secondary N) is 1. The van der Waals surface area contributed by atoms with E-state index in [-0.39, 0.29) is 16.3 Å². The van der Waals surface area contributed by atoms with Crippen LogP contribution in [-0.2, 0) is 4.79 Å². The Morgan fingerprint density at radius 2 is 2.35 bits per heavy atom. The van der Waals surface area contributed by atoms with Crippen LogP contribution in [0.3, 0.4) is 0 Å². The van der Waals surface area contributed by atoms with E-state index in [0.29, 0.717) is 18.0 Å². The zero-order chi connectivity index (χ0) is 12.4. The molecular formula is C11H12ClN3OS. The minimum absolute atomic E-state index is 0.00698. The van der Waals surface area contributed by atoms with Crippen molar-refractivity contribution in [2.24, 2.45) is 5.73 Å². The smallest absolute Gasteiger partial charge is 0.240 e. The number of hydrogen-bond donors (Lipinski definition) is 2. The Bertz CT molecular complexity index is 466. The van der Waals surface area contributed by atoms with Crippen LogP contribution >= 0.6 is 23.4 Å². The average Bonchev–Trinajstić information content (AvgIpc) is 2.60. The summed E-state index contributed by atoms with van der Waals surface area (Å²) in [5.74, 6) is -0.00698. The lowest BCUT2D eigenvalue weighted by Crippen LogP contribution is -2.29. The quantitative estimate of drug-likeness (QED) is 0.638. The van der Waals surface area contributed by atoms with Gasteiger partial charge in [-0.2, -0.15) is 0 Å². The number of anilines is 1. The fourth-order valence-corrected chi connectivity index (χ4v) is 2.76. The molecule has 1 aromatic rings. The molecule has 1 aliphatic heterocycles. The maximum Gasteiger partial charge on any atom is 0.240 e. The van der Waals surface area contributed by atoms with E-state index in [9.17, 15) is 4.79 Å². The minimum atomic E-state index is -0.244. The summed E-state index contributed by atoms with van der Waals surface area (Å²) in [4.78, 5) is 13.7. The second-order valence-corrected chi connectivity index (χ2v) is 5.41. The van der Waals surface area contributed by atoms with Gasteiger partial charge in [0.05, 0.1) is 5.25 Å². The zero-order valence-corrected chi connectivity index (χ0v) is 10.6. The lowest BCUT2D eigenvalue weighted by molar-refractivity contribution is -0.116. The molecule has 6 heteroatoms. The predicted molar refractivity (Wildman–Crippen MR) is 71.7 cm³/mol. The molecule has 0 aliphatic carbocycles. The molecule has 1 aromatic carbocycles. The van der Waals surface area contributed by atoms with Gasteiger partial charge in [-0.25, -0.2) is 0 Å². The SMILES string of the molecule is N=C(N)SC1CCN(c2cccc(Cl)c2)C1=O. The summed E-state index contributed by atoms with van der Waals surface area (Å²) in [6.07, 6.45) is 0.704. The highest BCUT2D eigenvalue weighted by Crippen LogP contribution is 2.29. The van der Waals surface area contributed by atoms with E-state index in [1.54, 1.807) is 17.0 Å². The maximum absolute atomic E-state index is 12.1. The van der Waals surface area contributed by atoms with Gasteiger partial charge < -0.3 is 10.6 Å². The molecule has 0 aromatic heterocycles. The number of carbonyl (C=O) groups excluding carboxylic acids is 1. The molecule has 0 spiro atoms. The first kappa shape index (κ1) is 12.3. The van der Waals surface area contributed by atoms with Crippen LogP contribution in [-0.4, -0.2) is 22.9 Å². The topological polar surface area (TPSA) is 70.2 Å². The Morgan fingerprint density at radius 1 is 1.59 bits per heavy atom. The summed E-state index contributed by atoms with van der Waals surface area (Å²) >= 11 is 7.00. The average molecular weight is 270 g/mol. The van der Waals surface area contributed by atoms with Crippen molar-refractivity contribution in [1.82, 2.24) is 0 Å². The van der Waals surface area contributed by atoms with E-state index < -0.39 is 0 Å². The Kier molecular flexibility index (Phi) is 3.59. The normalized spacial score (nSPS) is 19.7. The standard InChI is InChI=1S/C11H12ClN3OS/c12-7-2-1-3-8(6-7)15-5-4-9(10(15)16)17-11(13)14/h1-3,6,9H,4-5H2,(H3,13,14). The van der Waals surface area contributed by atoms with Gasteiger partial charge in [0.15, 0.2) is 5.17 Å². The van der Waals surface area contributed by atoms with Crippen molar-refractivity contribution in [1.29, 1.82) is 5.41 Å². The Balaban J connectivity index is 2.15. The Hall–Kier alpha value is -1.20. The largest absolute Gasteiger partial charge is 0.379 e. The van der Waals surface area contributed by atoms with Crippen molar-refractivity contribution >= 4 is 40.1 Å². The monoisotopic (exact) mass is 269 g/mol. The molecule has 2 rings (SSSR count). The van der Waals surface area contributed by atoms with Crippen LogP contribution in [0.5, 0.6) is 0 Å². The van der Waals surface area contributed by atoms with Crippen LogP contribution in [0.2, 0.25) is 5.02 Å². The number of carbonyl (C=O) groups is 1. The molecule has 1 heterocycles. The first-order chi connectivity index (χ1) is 8.08. The van der Waals surface area contributed by atoms with Crippen LogP contribution in [0.15, 0.2) is 24.3 Å². The molecule has 1 fully saturated rings. The van der Waals surface area contributed by atoms with Crippen LogP contribution in [0.4, 0.5) is 5.69 Å². The van der Waals surface area contributed by atoms with E-state index >= 15 is 0 Å². The van der Waals surface area contributed by atoms with E-state index in [0.717, 1.165) is 17.4 Å². The molecule has 90 valence electrons. The van der Waals surface area contributed by atoms with Gasteiger partial charge in [-0.15, -0.1) is 0 Å². The van der Waals surface area contributed by atoms with Gasteiger partial charge in [-0.1, -0.05) is 29.4 Å². The number of rotatable bonds is 2. The van der Waals surface area contributed by atoms with Crippen LogP contribution in [0.25, 0.3) is 0 Å². The molecular weight excluding hydrogens is 258 g/mol. The zero-order valence-electron chi connectivity index (χ0n) is 9.02. The first-order valence-electron chi connectivity index (χ1n) is 5.15. The van der Waals surface area contributed by atoms with Crippen molar-refractivity contribution in [3.63, 3.8) is 0 Å². The van der Waals surface area contributed by atoms with Crippen LogP contribution < -0.4 is 10.6 Å². The van der Waals surface area contributed by atoms with Gasteiger partial charge in [0, 0.05) is 17.3 Å². The van der Waals surface area contributed by atoms with E-state index in [2.05, 4.69) is 0 Å². The first-order valence-corrected chi connectivity index (χ1v) is 6.41. The number of halogens is 1. The number of thioether (sulfide) groups is 1. The number of nitrogens with zero attached hydrogens (tertiary/aromatic N) is 1. The van der Waals surface area contributed by atoms with E-state index in [1.807, 2.05) is 12.1 Å². The molecule has 0 bridgehead atoms. The molecule has 0 radical (unpaired) electrons. The van der Waals surface area contributed by atoms with Gasteiger partial charge in [-0.3, -0.25) is 10.2 Å². The summed E-state index contributed by atoms with van der Waals surface area (Å²) < 4.78 is 0. The predicted octanol–water partition coefficient (Wildman–Crippen LogP) is 2.07. The van der Waals surface area contributed by atoms with Crippen molar-refractivity contribution in [3.8, 4) is 0 Å². The molecule has 4 nitrogen and oxygen atoms in total. The van der Waals surface area contributed by atoms with Gasteiger partial charge in [0.2, 0.25) is 5.91 Å². The number of nitrogens with two attached hydrogens (primary N) is 1. The van der Waals surface area contributed by atoms with Gasteiger partial charge in [0.1, 0.15) is 0 Å². The van der Waals surface area contributed by atoms with Crippen molar-refractivity contribution < 1.29 is 4.79 Å². The van der Waals surface area contributed by atoms with Crippen LogP contribution in [0.1, 0.15) is 6.42 Å². The Morgan fingerprint density at radius 3 is 3.00 bits per heavy atom. The lowest BCUT2D eigenvalue weighted by atomic mass is 10.3. The second kappa shape index (κ2) is 4.98. The molecule has 17 heavy (non-hydrogen) atoms. The maximum atomic E-state index is 12.1. The molecule has 1 aliphatic rings. The summed E-state index contributed by atoms with van der Waals surface area (Å²) in [6, 6.07) is 7.20. The van der Waals surface area contributed by atoms with Crippen molar-refractivity contribution in [2.75, 3.05) is 11.4 Å². The van der Waals surface area contributed by atoms with Crippen molar-refractivity contribution in [3.05, 3.63) is 29.3 Å². The molecule has 1 saturated heterocycles. The summed E-state index contributed by atoms with van der Waals surface area (Å²) in [5.41, 5.74) is 6.10. The highest BCUT2D eigenvalue weighted by atomic mass is 35.5. The van der Waals surface area contributed by atoms with Gasteiger partial charge in [-0.05, 0) is 24.6 Å². The number of hydrogen-bond acceptors (Lipinski definition) is 3. The number of amides is 1. The summed E-state index contributed by atoms with van der Waals surface area (Å²) in [5, 5.41) is 7.55. The van der Waals surface area contributed by atoms with E-state index in [1.165, 1.54) is 0 Å². The third-order valence-electron chi connectivity index (χ3n) is 2.55. The highest BCUT2D eigenvalue weighted by molar-refractivity contribution is 8.14. The highest BCUT2D eigenvalue weighted by Gasteiger charge is 2.33. The molecule has 1 atom stereocenters. The fourth-order valence-electron chi connectivity index (χ4n) is 1.82. The third kappa shape index (κ3) is 2.73. The molecule has 3 N–H and O–H groups in total. The summed E-state index contributed by atoms with van der Waals surface area (Å²) in [7, 11) is 0. The van der Waals surface area contributed by atoms with Gasteiger partial charge >= 0.3 is 0 Å². The minimum Gasteiger partial charge on any atom is -0.379 e. The molecule has 0 saturated carbocycles. The number of amidine groups is 1. The van der Waals surface area contributed by atoms with E-state index in [4.69, 9.17) is 22.7 Å². The molecule has 1 unspecified atom stereocenters. The fraction of sp³-hybridized carbons (Fsp3) is 0.273. The lowest BCUT2D eigenvalue weighted by Gasteiger charge is -2.16. The Labute approximate surface area is 109 Å². The third-order valence-corrected chi connectivity index (χ3v) is 3.76. The second-order valence-electron chi connectivity index (χ2n) is 3.73. The van der Waals surface area contributed by atoms with Crippen molar-refractivity contribution in [2.45, 2.75) is 11.7 Å². The molecule has 1 amide bonds. The summed E-state index contributed by atoms with van der Waals surface area (Å²) in [6.45, 7) is 0.643. The van der Waals surface area contributed by atoms with Crippen LogP contribution in [0, 0.1) is 5.41 Å².